The number of alkyl carbamates (subject to hydrolysis) is 2. The van der Waals surface area contributed by atoms with E-state index < -0.39 is 18.3 Å². The van der Waals surface area contributed by atoms with Crippen molar-refractivity contribution < 1.29 is 38.1 Å². The van der Waals surface area contributed by atoms with Crippen LogP contribution in [0.2, 0.25) is 0 Å². The van der Waals surface area contributed by atoms with Crippen molar-refractivity contribution in [2.75, 3.05) is 52.6 Å². The van der Waals surface area contributed by atoms with Crippen molar-refractivity contribution in [3.8, 4) is 0 Å². The molecule has 0 aromatic carbocycles. The number of hydrogen-bond acceptors (Lipinski definition) is 8. The third-order valence-electron chi connectivity index (χ3n) is 3.73. The molecule has 0 saturated carbocycles. The molecule has 3 amide bonds. The highest BCUT2D eigenvalue weighted by molar-refractivity contribution is 5.68. The second-order valence-corrected chi connectivity index (χ2v) is 6.17. The minimum Gasteiger partial charge on any atom is -0.419 e. The molecule has 0 heterocycles. The Morgan fingerprint density at radius 3 is 1.47 bits per heavy atom. The number of amides is 3. The zero-order valence-electron chi connectivity index (χ0n) is 18.6. The van der Waals surface area contributed by atoms with Crippen LogP contribution >= 0.6 is 0 Å². The van der Waals surface area contributed by atoms with Crippen molar-refractivity contribution in [1.29, 1.82) is 0 Å². The number of carbonyl (C=O) groups is 3. The Morgan fingerprint density at radius 2 is 1.06 bits per heavy atom. The topological polar surface area (TPSA) is 125 Å². The summed E-state index contributed by atoms with van der Waals surface area (Å²) in [6.45, 7) is 13.6. The van der Waals surface area contributed by atoms with Crippen LogP contribution in [0.15, 0.2) is 38.5 Å². The summed E-state index contributed by atoms with van der Waals surface area (Å²) >= 11 is 0. The van der Waals surface area contributed by atoms with E-state index in [2.05, 4.69) is 39.8 Å². The lowest BCUT2D eigenvalue weighted by atomic mass is 10.3. The standard InChI is InChI=1S/C21H35N3O8/c1-4-30-19(25)22-11-7-15-28-17-9-13-24(21(27)32-6-3)14-10-18-29-16-8-12-23-20(26)31-5-2/h4-6H,1-3,7-18H2,(H,22,25)(H,23,26). The molecule has 0 aromatic heterocycles. The number of carbonyl (C=O) groups excluding carboxylic acids is 3. The molecular formula is C21H35N3O8. The van der Waals surface area contributed by atoms with Crippen LogP contribution in [0.25, 0.3) is 0 Å². The summed E-state index contributed by atoms with van der Waals surface area (Å²) in [6, 6.07) is 0. The fourth-order valence-corrected chi connectivity index (χ4v) is 2.32. The van der Waals surface area contributed by atoms with Gasteiger partial charge in [-0.25, -0.2) is 14.4 Å². The zero-order valence-corrected chi connectivity index (χ0v) is 18.6. The molecular weight excluding hydrogens is 422 g/mol. The smallest absolute Gasteiger partial charge is 0.414 e. The van der Waals surface area contributed by atoms with Gasteiger partial charge in [0.2, 0.25) is 0 Å². The Balaban J connectivity index is 3.85. The van der Waals surface area contributed by atoms with Gasteiger partial charge in [0.05, 0.1) is 18.8 Å². The molecule has 0 unspecified atom stereocenters. The number of ether oxygens (including phenoxy) is 5. The molecule has 182 valence electrons. The Hall–Kier alpha value is -3.05. The van der Waals surface area contributed by atoms with Gasteiger partial charge in [0.25, 0.3) is 0 Å². The predicted molar refractivity (Wildman–Crippen MR) is 118 cm³/mol. The first-order chi connectivity index (χ1) is 15.5. The quantitative estimate of drug-likeness (QED) is 0.172. The van der Waals surface area contributed by atoms with Gasteiger partial charge in [0.15, 0.2) is 0 Å². The van der Waals surface area contributed by atoms with Gasteiger partial charge in [-0.05, 0) is 25.7 Å². The van der Waals surface area contributed by atoms with Crippen LogP contribution in [0.3, 0.4) is 0 Å². The molecule has 2 N–H and O–H groups in total. The second kappa shape index (κ2) is 21.2. The van der Waals surface area contributed by atoms with E-state index >= 15 is 0 Å². The molecule has 0 fully saturated rings. The van der Waals surface area contributed by atoms with E-state index in [1.54, 1.807) is 4.90 Å². The highest BCUT2D eigenvalue weighted by Crippen LogP contribution is 2.01. The number of nitrogens with zero attached hydrogens (tertiary/aromatic N) is 1. The summed E-state index contributed by atoms with van der Waals surface area (Å²) in [4.78, 5) is 35.7. The fraction of sp³-hybridized carbons (Fsp3) is 0.571. The van der Waals surface area contributed by atoms with Crippen molar-refractivity contribution in [2.24, 2.45) is 0 Å². The molecule has 0 atom stereocenters. The monoisotopic (exact) mass is 457 g/mol. The molecule has 11 nitrogen and oxygen atoms in total. The van der Waals surface area contributed by atoms with E-state index in [0.717, 1.165) is 18.8 Å². The van der Waals surface area contributed by atoms with Gasteiger partial charge in [-0.2, -0.15) is 0 Å². The van der Waals surface area contributed by atoms with Crippen molar-refractivity contribution in [2.45, 2.75) is 25.7 Å². The van der Waals surface area contributed by atoms with E-state index in [-0.39, 0.29) is 0 Å². The molecule has 0 aliphatic rings. The van der Waals surface area contributed by atoms with Crippen LogP contribution in [-0.2, 0) is 23.7 Å². The lowest BCUT2D eigenvalue weighted by Crippen LogP contribution is -2.33. The maximum absolute atomic E-state index is 12.0. The summed E-state index contributed by atoms with van der Waals surface area (Å²) in [5.74, 6) is 0. The van der Waals surface area contributed by atoms with Crippen molar-refractivity contribution in [3.63, 3.8) is 0 Å². The summed E-state index contributed by atoms with van der Waals surface area (Å²) < 4.78 is 24.9. The molecule has 0 aliphatic carbocycles. The molecule has 0 saturated heterocycles. The summed E-state index contributed by atoms with van der Waals surface area (Å²) in [5, 5.41) is 5.09. The van der Waals surface area contributed by atoms with E-state index in [1.165, 1.54) is 0 Å². The number of rotatable bonds is 19. The largest absolute Gasteiger partial charge is 0.419 e. The lowest BCUT2D eigenvalue weighted by Gasteiger charge is -2.21. The predicted octanol–water partition coefficient (Wildman–Crippen LogP) is 2.90. The van der Waals surface area contributed by atoms with E-state index in [4.69, 9.17) is 14.2 Å². The maximum Gasteiger partial charge on any atom is 0.414 e. The molecule has 0 radical (unpaired) electrons. The minimum atomic E-state index is -0.551. The number of nitrogens with one attached hydrogen (secondary N) is 2. The molecule has 32 heavy (non-hydrogen) atoms. The van der Waals surface area contributed by atoms with Gasteiger partial charge in [0.1, 0.15) is 0 Å². The second-order valence-electron chi connectivity index (χ2n) is 6.17. The third-order valence-corrected chi connectivity index (χ3v) is 3.73. The average Bonchev–Trinajstić information content (AvgIpc) is 2.76. The zero-order chi connectivity index (χ0) is 23.9. The highest BCUT2D eigenvalue weighted by Gasteiger charge is 2.13. The first kappa shape index (κ1) is 28.9. The molecule has 0 rings (SSSR count). The highest BCUT2D eigenvalue weighted by atomic mass is 16.6. The van der Waals surface area contributed by atoms with Gasteiger partial charge in [-0.1, -0.05) is 19.7 Å². The van der Waals surface area contributed by atoms with Crippen molar-refractivity contribution in [1.82, 2.24) is 15.5 Å². The normalized spacial score (nSPS) is 9.88. The van der Waals surface area contributed by atoms with Gasteiger partial charge < -0.3 is 39.2 Å². The SMILES string of the molecule is C=COC(=O)NCCCOCCCN(CCCOCCCNC(=O)OC=C)C(=O)OC=C. The fourth-order valence-electron chi connectivity index (χ4n) is 2.32. The molecule has 0 bridgehead atoms. The van der Waals surface area contributed by atoms with E-state index in [0.29, 0.717) is 78.3 Å². The molecule has 0 spiro atoms. The average molecular weight is 458 g/mol. The first-order valence-electron chi connectivity index (χ1n) is 10.4. The maximum atomic E-state index is 12.0. The molecule has 11 heteroatoms. The molecule has 0 aromatic rings. The Kier molecular flexibility index (Phi) is 19.2. The van der Waals surface area contributed by atoms with Crippen LogP contribution in [0, 0.1) is 0 Å². The van der Waals surface area contributed by atoms with Crippen LogP contribution in [0.5, 0.6) is 0 Å². The van der Waals surface area contributed by atoms with Crippen LogP contribution in [0.4, 0.5) is 14.4 Å². The van der Waals surface area contributed by atoms with E-state index in [1.807, 2.05) is 0 Å². The van der Waals surface area contributed by atoms with Crippen molar-refractivity contribution >= 4 is 18.3 Å². The lowest BCUT2D eigenvalue weighted by molar-refractivity contribution is 0.0968. The van der Waals surface area contributed by atoms with Gasteiger partial charge in [0, 0.05) is 52.6 Å². The van der Waals surface area contributed by atoms with Crippen LogP contribution in [-0.4, -0.2) is 75.8 Å². The van der Waals surface area contributed by atoms with Gasteiger partial charge >= 0.3 is 18.3 Å². The van der Waals surface area contributed by atoms with Gasteiger partial charge in [-0.3, -0.25) is 0 Å². The van der Waals surface area contributed by atoms with E-state index in [9.17, 15) is 14.4 Å². The van der Waals surface area contributed by atoms with Crippen molar-refractivity contribution in [3.05, 3.63) is 38.5 Å². The third kappa shape index (κ3) is 17.8. The summed E-state index contributed by atoms with van der Waals surface area (Å²) in [7, 11) is 0. The Bertz CT molecular complexity index is 533. The number of hydrogen-bond donors (Lipinski definition) is 2. The summed E-state index contributed by atoms with van der Waals surface area (Å²) in [5.41, 5.74) is 0. The first-order valence-corrected chi connectivity index (χ1v) is 10.4. The van der Waals surface area contributed by atoms with Crippen LogP contribution in [0.1, 0.15) is 25.7 Å². The Morgan fingerprint density at radius 1 is 0.656 bits per heavy atom. The van der Waals surface area contributed by atoms with Gasteiger partial charge in [-0.15, -0.1) is 0 Å². The molecule has 0 aliphatic heterocycles. The minimum absolute atomic E-state index is 0.430. The summed E-state index contributed by atoms with van der Waals surface area (Å²) in [6.07, 6.45) is 4.17. The van der Waals surface area contributed by atoms with Crippen LogP contribution < -0.4 is 10.6 Å². The Labute approximate surface area is 189 Å².